The number of anilines is 3. The topological polar surface area (TPSA) is 120 Å². The molecule has 2 unspecified atom stereocenters. The van der Waals surface area contributed by atoms with Crippen molar-refractivity contribution in [1.29, 1.82) is 0 Å². The molecular formula is C13H18N6O3. The monoisotopic (exact) mass is 306 g/mol. The van der Waals surface area contributed by atoms with E-state index >= 15 is 0 Å². The molecule has 3 heterocycles. The molecule has 22 heavy (non-hydrogen) atoms. The van der Waals surface area contributed by atoms with Crippen LogP contribution >= 0.6 is 0 Å². The van der Waals surface area contributed by atoms with Crippen molar-refractivity contribution in [1.82, 2.24) is 15.4 Å². The average molecular weight is 306 g/mol. The fraction of sp³-hybridized carbons (Fsp3) is 0.538. The van der Waals surface area contributed by atoms with Crippen molar-refractivity contribution >= 4 is 17.3 Å². The van der Waals surface area contributed by atoms with Gasteiger partial charge in [0, 0.05) is 0 Å². The maximum atomic E-state index is 10.2. The van der Waals surface area contributed by atoms with Crippen molar-refractivity contribution in [2.24, 2.45) is 0 Å². The molecule has 1 fully saturated rings. The Balaban J connectivity index is 1.92. The summed E-state index contributed by atoms with van der Waals surface area (Å²) >= 11 is 0. The van der Waals surface area contributed by atoms with Gasteiger partial charge in [-0.3, -0.25) is 5.01 Å². The molecule has 3 rings (SSSR count). The van der Waals surface area contributed by atoms with E-state index in [0.717, 1.165) is 0 Å². The van der Waals surface area contributed by atoms with Gasteiger partial charge in [0.15, 0.2) is 17.9 Å². The first-order valence-electron chi connectivity index (χ1n) is 6.87. The first-order chi connectivity index (χ1) is 10.5. The summed E-state index contributed by atoms with van der Waals surface area (Å²) in [4.78, 5) is 9.91. The summed E-state index contributed by atoms with van der Waals surface area (Å²) < 4.78 is 5.65. The van der Waals surface area contributed by atoms with E-state index in [9.17, 15) is 10.2 Å². The Bertz CT molecular complexity index is 606. The second kappa shape index (κ2) is 5.58. The van der Waals surface area contributed by atoms with Crippen LogP contribution in [0.4, 0.5) is 17.3 Å². The van der Waals surface area contributed by atoms with E-state index < -0.39 is 24.5 Å². The molecule has 4 atom stereocenters. The van der Waals surface area contributed by atoms with Crippen molar-refractivity contribution in [3.05, 3.63) is 6.33 Å². The number of ether oxygens (including phenoxy) is 1. The number of rotatable bonds is 3. The third kappa shape index (κ3) is 2.22. The first-order valence-corrected chi connectivity index (χ1v) is 6.87. The van der Waals surface area contributed by atoms with Gasteiger partial charge in [-0.1, -0.05) is 5.92 Å². The molecule has 1 aromatic rings. The third-order valence-corrected chi connectivity index (χ3v) is 3.82. The second-order valence-corrected chi connectivity index (χ2v) is 5.22. The number of hydrogen-bond acceptors (Lipinski definition) is 9. The zero-order valence-corrected chi connectivity index (χ0v) is 12.0. The highest BCUT2D eigenvalue weighted by Gasteiger charge is 2.47. The molecule has 1 aromatic heterocycles. The SMILES string of the molecule is C#CCNN1CN([C@@H]2O[C@H](C)C(O)C2O)c2ncnc(N)c21. The van der Waals surface area contributed by atoms with Crippen LogP contribution in [-0.4, -0.2) is 57.9 Å². The summed E-state index contributed by atoms with van der Waals surface area (Å²) in [7, 11) is 0. The molecule has 2 aliphatic heterocycles. The zero-order chi connectivity index (χ0) is 15.9. The summed E-state index contributed by atoms with van der Waals surface area (Å²) in [5.41, 5.74) is 9.51. The predicted octanol–water partition coefficient (Wildman–Crippen LogP) is -1.75. The van der Waals surface area contributed by atoms with Crippen molar-refractivity contribution < 1.29 is 14.9 Å². The normalized spacial score (nSPS) is 30.5. The summed E-state index contributed by atoms with van der Waals surface area (Å²) in [6, 6.07) is 0. The van der Waals surface area contributed by atoms with E-state index in [2.05, 4.69) is 21.3 Å². The summed E-state index contributed by atoms with van der Waals surface area (Å²) in [6.07, 6.45) is 3.40. The Morgan fingerprint density at radius 2 is 2.27 bits per heavy atom. The van der Waals surface area contributed by atoms with Crippen LogP contribution in [0.25, 0.3) is 0 Å². The van der Waals surface area contributed by atoms with E-state index in [-0.39, 0.29) is 5.82 Å². The summed E-state index contributed by atoms with van der Waals surface area (Å²) in [5.74, 6) is 3.28. The number of aliphatic hydroxyl groups is 2. The third-order valence-electron chi connectivity index (χ3n) is 3.82. The van der Waals surface area contributed by atoms with Crippen LogP contribution in [0.2, 0.25) is 0 Å². The highest BCUT2D eigenvalue weighted by atomic mass is 16.6. The van der Waals surface area contributed by atoms with Crippen LogP contribution in [0.5, 0.6) is 0 Å². The Kier molecular flexibility index (Phi) is 3.76. The number of hydrogen-bond donors (Lipinski definition) is 4. The molecule has 2 aliphatic rings. The summed E-state index contributed by atoms with van der Waals surface area (Å²) in [5, 5.41) is 21.8. The van der Waals surface area contributed by atoms with Crippen molar-refractivity contribution in [3.8, 4) is 12.3 Å². The lowest BCUT2D eigenvalue weighted by Crippen LogP contribution is -2.48. The lowest BCUT2D eigenvalue weighted by molar-refractivity contribution is 0.0150. The van der Waals surface area contributed by atoms with Gasteiger partial charge >= 0.3 is 0 Å². The van der Waals surface area contributed by atoms with Gasteiger partial charge in [-0.2, -0.15) is 0 Å². The summed E-state index contributed by atoms with van der Waals surface area (Å²) in [6.45, 7) is 2.31. The molecule has 118 valence electrons. The van der Waals surface area contributed by atoms with E-state index in [4.69, 9.17) is 16.9 Å². The fourth-order valence-electron chi connectivity index (χ4n) is 2.70. The van der Waals surface area contributed by atoms with E-state index in [1.54, 1.807) is 16.8 Å². The Morgan fingerprint density at radius 1 is 1.50 bits per heavy atom. The van der Waals surface area contributed by atoms with Crippen LogP contribution in [0.1, 0.15) is 6.92 Å². The van der Waals surface area contributed by atoms with Crippen LogP contribution < -0.4 is 21.1 Å². The van der Waals surface area contributed by atoms with Gasteiger partial charge < -0.3 is 25.6 Å². The van der Waals surface area contributed by atoms with Gasteiger partial charge in [0.25, 0.3) is 0 Å². The number of aromatic nitrogens is 2. The Labute approximate surface area is 127 Å². The number of aliphatic hydroxyl groups excluding tert-OH is 2. The van der Waals surface area contributed by atoms with Crippen LogP contribution in [0.15, 0.2) is 6.33 Å². The van der Waals surface area contributed by atoms with Crippen molar-refractivity contribution in [3.63, 3.8) is 0 Å². The van der Waals surface area contributed by atoms with Gasteiger partial charge in [0.05, 0.1) is 12.6 Å². The fourth-order valence-corrected chi connectivity index (χ4v) is 2.70. The molecule has 5 N–H and O–H groups in total. The largest absolute Gasteiger partial charge is 0.388 e. The van der Waals surface area contributed by atoms with Crippen LogP contribution in [0.3, 0.4) is 0 Å². The zero-order valence-electron chi connectivity index (χ0n) is 12.0. The molecule has 9 heteroatoms. The molecule has 0 spiro atoms. The van der Waals surface area contributed by atoms with Gasteiger partial charge in [0.2, 0.25) is 0 Å². The molecule has 9 nitrogen and oxygen atoms in total. The van der Waals surface area contributed by atoms with Crippen molar-refractivity contribution in [2.75, 3.05) is 28.9 Å². The average Bonchev–Trinajstić information content (AvgIpc) is 2.99. The Morgan fingerprint density at radius 3 is 2.91 bits per heavy atom. The smallest absolute Gasteiger partial charge is 0.162 e. The molecule has 0 amide bonds. The van der Waals surface area contributed by atoms with Gasteiger partial charge in [-0.15, -0.1) is 6.42 Å². The number of nitrogens with one attached hydrogen (secondary N) is 1. The Hall–Kier alpha value is -2.12. The van der Waals surface area contributed by atoms with Gasteiger partial charge in [-0.25, -0.2) is 15.4 Å². The minimum atomic E-state index is -1.05. The lowest BCUT2D eigenvalue weighted by atomic mass is 10.1. The quantitative estimate of drug-likeness (QED) is 0.482. The highest BCUT2D eigenvalue weighted by molar-refractivity contribution is 5.81. The minimum Gasteiger partial charge on any atom is -0.388 e. The first kappa shape index (κ1) is 14.8. The lowest BCUT2D eigenvalue weighted by Gasteiger charge is -2.28. The number of hydrazine groups is 1. The highest BCUT2D eigenvalue weighted by Crippen LogP contribution is 2.39. The molecule has 0 saturated carbocycles. The molecular weight excluding hydrogens is 288 g/mol. The maximum absolute atomic E-state index is 10.2. The predicted molar refractivity (Wildman–Crippen MR) is 79.5 cm³/mol. The van der Waals surface area contributed by atoms with Crippen LogP contribution in [-0.2, 0) is 4.74 Å². The molecule has 0 radical (unpaired) electrons. The van der Waals surface area contributed by atoms with Crippen LogP contribution in [0, 0.1) is 12.3 Å². The number of fused-ring (bicyclic) bond motifs is 1. The van der Waals surface area contributed by atoms with E-state index in [0.29, 0.717) is 24.7 Å². The number of nitrogens with zero attached hydrogens (tertiary/aromatic N) is 4. The van der Waals surface area contributed by atoms with E-state index in [1.165, 1.54) is 6.33 Å². The minimum absolute atomic E-state index is 0.290. The van der Waals surface area contributed by atoms with Gasteiger partial charge in [-0.05, 0) is 6.92 Å². The van der Waals surface area contributed by atoms with Crippen molar-refractivity contribution in [2.45, 2.75) is 31.5 Å². The van der Waals surface area contributed by atoms with E-state index in [1.807, 2.05) is 0 Å². The number of nitrogen functional groups attached to an aromatic ring is 1. The molecule has 0 aromatic carbocycles. The molecule has 1 saturated heterocycles. The second-order valence-electron chi connectivity index (χ2n) is 5.22. The van der Waals surface area contributed by atoms with Gasteiger partial charge in [0.1, 0.15) is 30.9 Å². The maximum Gasteiger partial charge on any atom is 0.162 e. The molecule has 0 aliphatic carbocycles. The molecule has 0 bridgehead atoms. The standard InChI is InChI=1S/C13H18N6O3/c1-3-4-17-19-6-18(12-8(19)11(14)15-5-16-12)13-10(21)9(20)7(2)22-13/h1,5,7,9-10,13,17,20-21H,4,6H2,2H3,(H2,14,15,16)/t7-,9?,10?,13-/m1/s1. The number of nitrogens with two attached hydrogens (primary N) is 1. The number of terminal acetylenes is 1.